The third-order valence-corrected chi connectivity index (χ3v) is 8.07. The summed E-state index contributed by atoms with van der Waals surface area (Å²) in [6.45, 7) is 4.55. The molecule has 0 amide bonds. The van der Waals surface area contributed by atoms with Gasteiger partial charge in [-0.3, -0.25) is 9.29 Å². The molecule has 0 radical (unpaired) electrons. The third-order valence-electron chi connectivity index (χ3n) is 6.96. The fourth-order valence-electron chi connectivity index (χ4n) is 4.93. The van der Waals surface area contributed by atoms with E-state index in [1.54, 1.807) is 36.4 Å². The van der Waals surface area contributed by atoms with E-state index in [0.717, 1.165) is 53.2 Å². The van der Waals surface area contributed by atoms with Crippen molar-refractivity contribution in [1.82, 2.24) is 4.90 Å². The van der Waals surface area contributed by atoms with E-state index < -0.39 is 15.9 Å². The van der Waals surface area contributed by atoms with Crippen LogP contribution in [0.1, 0.15) is 29.7 Å². The SMILES string of the molecule is CC1=C(c2cccc(S(C)(=O)=O)c2)[C@H](c2ccc(OCCN3CC(CF)C3)cc2)Oc2ccc(O)cc21. The summed E-state index contributed by atoms with van der Waals surface area (Å²) in [5.74, 6) is 1.66. The highest BCUT2D eigenvalue weighted by Crippen LogP contribution is 2.47. The van der Waals surface area contributed by atoms with Crippen LogP contribution in [0.4, 0.5) is 4.39 Å². The van der Waals surface area contributed by atoms with Gasteiger partial charge in [0.2, 0.25) is 0 Å². The van der Waals surface area contributed by atoms with E-state index in [1.165, 1.54) is 6.26 Å². The summed E-state index contributed by atoms with van der Waals surface area (Å²) in [7, 11) is -3.40. The van der Waals surface area contributed by atoms with Crippen molar-refractivity contribution >= 4 is 21.0 Å². The molecule has 2 aliphatic heterocycles. The average Bonchev–Trinajstić information content (AvgIpc) is 2.85. The standard InChI is InChI=1S/C29H30FNO5S/c1-19-26-15-23(32)8-11-27(26)36-29(28(19)22-4-3-5-25(14-22)37(2,33)34)21-6-9-24(10-7-21)35-13-12-31-17-20(16-30)18-31/h3-11,14-15,20,29,32H,12-13,16-18H2,1-2H3/t29-/m0/s1. The number of rotatable bonds is 8. The summed E-state index contributed by atoms with van der Waals surface area (Å²) in [4.78, 5) is 2.41. The van der Waals surface area contributed by atoms with Gasteiger partial charge in [0, 0.05) is 42.9 Å². The van der Waals surface area contributed by atoms with Crippen molar-refractivity contribution in [1.29, 1.82) is 0 Å². The van der Waals surface area contributed by atoms with Crippen molar-refractivity contribution in [3.63, 3.8) is 0 Å². The zero-order valence-corrected chi connectivity index (χ0v) is 21.7. The summed E-state index contributed by atoms with van der Waals surface area (Å²) >= 11 is 0. The van der Waals surface area contributed by atoms with Crippen molar-refractivity contribution in [2.24, 2.45) is 5.92 Å². The Morgan fingerprint density at radius 2 is 1.84 bits per heavy atom. The Kier molecular flexibility index (Phi) is 6.96. The van der Waals surface area contributed by atoms with Gasteiger partial charge in [0.25, 0.3) is 0 Å². The molecule has 8 heteroatoms. The number of hydrogen-bond donors (Lipinski definition) is 1. The molecule has 194 valence electrons. The summed E-state index contributed by atoms with van der Waals surface area (Å²) in [5.41, 5.74) is 4.11. The Morgan fingerprint density at radius 1 is 1.08 bits per heavy atom. The quantitative estimate of drug-likeness (QED) is 0.441. The summed E-state index contributed by atoms with van der Waals surface area (Å²) in [6, 6.07) is 19.5. The number of fused-ring (bicyclic) bond motifs is 1. The number of nitrogens with zero attached hydrogens (tertiary/aromatic N) is 1. The predicted octanol–water partition coefficient (Wildman–Crippen LogP) is 5.14. The molecule has 6 nitrogen and oxygen atoms in total. The lowest BCUT2D eigenvalue weighted by Crippen LogP contribution is -2.49. The van der Waals surface area contributed by atoms with Crippen molar-refractivity contribution < 1.29 is 27.4 Å². The van der Waals surface area contributed by atoms with Gasteiger partial charge in [-0.2, -0.15) is 0 Å². The van der Waals surface area contributed by atoms with Gasteiger partial charge in [0.15, 0.2) is 9.84 Å². The minimum Gasteiger partial charge on any atom is -0.508 e. The second kappa shape index (κ2) is 10.2. The van der Waals surface area contributed by atoms with Gasteiger partial charge >= 0.3 is 0 Å². The molecule has 37 heavy (non-hydrogen) atoms. The van der Waals surface area contributed by atoms with Crippen LogP contribution in [0.5, 0.6) is 17.2 Å². The topological polar surface area (TPSA) is 76.1 Å². The molecule has 1 fully saturated rings. The van der Waals surface area contributed by atoms with Gasteiger partial charge in [-0.25, -0.2) is 8.42 Å². The number of ether oxygens (including phenoxy) is 2. The maximum atomic E-state index is 12.6. The van der Waals surface area contributed by atoms with Gasteiger partial charge < -0.3 is 14.6 Å². The highest BCUT2D eigenvalue weighted by molar-refractivity contribution is 7.90. The fraction of sp³-hybridized carbons (Fsp3) is 0.310. The number of sulfone groups is 1. The van der Waals surface area contributed by atoms with Crippen LogP contribution in [0.15, 0.2) is 71.6 Å². The molecule has 5 rings (SSSR count). The molecule has 0 aliphatic carbocycles. The normalized spacial score (nSPS) is 18.2. The Labute approximate surface area is 216 Å². The highest BCUT2D eigenvalue weighted by Gasteiger charge is 2.30. The van der Waals surface area contributed by atoms with E-state index in [4.69, 9.17) is 9.47 Å². The lowest BCUT2D eigenvalue weighted by Gasteiger charge is -2.37. The maximum Gasteiger partial charge on any atom is 0.175 e. The highest BCUT2D eigenvalue weighted by atomic mass is 32.2. The lowest BCUT2D eigenvalue weighted by molar-refractivity contribution is 0.0668. The van der Waals surface area contributed by atoms with Crippen LogP contribution < -0.4 is 9.47 Å². The van der Waals surface area contributed by atoms with Crippen LogP contribution in [-0.2, 0) is 9.84 Å². The summed E-state index contributed by atoms with van der Waals surface area (Å²) in [5, 5.41) is 10.1. The average molecular weight is 524 g/mol. The Balaban J connectivity index is 1.43. The number of hydrogen-bond acceptors (Lipinski definition) is 6. The van der Waals surface area contributed by atoms with Crippen LogP contribution in [0.3, 0.4) is 0 Å². The van der Waals surface area contributed by atoms with E-state index in [9.17, 15) is 17.9 Å². The van der Waals surface area contributed by atoms with E-state index in [0.29, 0.717) is 12.4 Å². The van der Waals surface area contributed by atoms with Crippen LogP contribution in [-0.4, -0.2) is 57.6 Å². The fourth-order valence-corrected chi connectivity index (χ4v) is 5.59. The predicted molar refractivity (Wildman–Crippen MR) is 141 cm³/mol. The number of phenolic OH excluding ortho intramolecular Hbond substituents is 1. The zero-order chi connectivity index (χ0) is 26.2. The van der Waals surface area contributed by atoms with Crippen LogP contribution >= 0.6 is 0 Å². The van der Waals surface area contributed by atoms with Gasteiger partial charge in [0.05, 0.1) is 11.6 Å². The first-order valence-electron chi connectivity index (χ1n) is 12.3. The van der Waals surface area contributed by atoms with E-state index in [1.807, 2.05) is 37.3 Å². The van der Waals surface area contributed by atoms with Crippen molar-refractivity contribution in [3.8, 4) is 17.2 Å². The van der Waals surface area contributed by atoms with Crippen LogP contribution in [0.25, 0.3) is 11.1 Å². The second-order valence-electron chi connectivity index (χ2n) is 9.71. The molecular formula is C29H30FNO5S. The van der Waals surface area contributed by atoms with E-state index >= 15 is 0 Å². The molecule has 0 saturated carbocycles. The number of phenols is 1. The largest absolute Gasteiger partial charge is 0.508 e. The molecule has 0 spiro atoms. The number of halogens is 1. The Morgan fingerprint density at radius 3 is 2.54 bits per heavy atom. The molecule has 0 aromatic heterocycles. The third kappa shape index (κ3) is 5.36. The lowest BCUT2D eigenvalue weighted by atomic mass is 9.86. The van der Waals surface area contributed by atoms with Crippen molar-refractivity contribution in [2.45, 2.75) is 17.9 Å². The zero-order valence-electron chi connectivity index (χ0n) is 20.9. The Bertz CT molecular complexity index is 1430. The first-order valence-corrected chi connectivity index (χ1v) is 14.1. The first-order chi connectivity index (χ1) is 17.7. The molecule has 1 N–H and O–H groups in total. The number of likely N-dealkylation sites (tertiary alicyclic amines) is 1. The van der Waals surface area contributed by atoms with Gasteiger partial charge in [-0.15, -0.1) is 0 Å². The second-order valence-corrected chi connectivity index (χ2v) is 11.7. The van der Waals surface area contributed by atoms with Crippen LogP contribution in [0.2, 0.25) is 0 Å². The van der Waals surface area contributed by atoms with Gasteiger partial charge in [-0.1, -0.05) is 24.3 Å². The summed E-state index contributed by atoms with van der Waals surface area (Å²) < 4.78 is 49.4. The smallest absolute Gasteiger partial charge is 0.175 e. The Hall–Kier alpha value is -3.36. The number of allylic oxidation sites excluding steroid dienone is 1. The first kappa shape index (κ1) is 25.3. The number of alkyl halides is 1. The van der Waals surface area contributed by atoms with Crippen LogP contribution in [0, 0.1) is 5.92 Å². The number of benzene rings is 3. The molecule has 3 aromatic carbocycles. The van der Waals surface area contributed by atoms with Gasteiger partial charge in [0.1, 0.15) is 30.0 Å². The molecule has 2 heterocycles. The number of aromatic hydroxyl groups is 1. The van der Waals surface area contributed by atoms with E-state index in [2.05, 4.69) is 4.90 Å². The summed E-state index contributed by atoms with van der Waals surface area (Å²) in [6.07, 6.45) is 0.704. The monoisotopic (exact) mass is 523 g/mol. The maximum absolute atomic E-state index is 12.6. The van der Waals surface area contributed by atoms with E-state index in [-0.39, 0.29) is 23.2 Å². The minimum atomic E-state index is -3.40. The molecule has 1 saturated heterocycles. The molecule has 0 unspecified atom stereocenters. The molecule has 1 atom stereocenters. The molecule has 3 aromatic rings. The minimum absolute atomic E-state index is 0.129. The van der Waals surface area contributed by atoms with Crippen molar-refractivity contribution in [2.75, 3.05) is 39.2 Å². The molecule has 0 bridgehead atoms. The van der Waals surface area contributed by atoms with Crippen molar-refractivity contribution in [3.05, 3.63) is 83.4 Å². The van der Waals surface area contributed by atoms with Gasteiger partial charge in [-0.05, 0) is 66.1 Å². The molecular weight excluding hydrogens is 493 g/mol. The molecule has 2 aliphatic rings.